The number of nitrogens with one attached hydrogen (secondary N) is 1. The molecule has 182 valence electrons. The summed E-state index contributed by atoms with van der Waals surface area (Å²) in [6.07, 6.45) is 3.97. The Bertz CT molecular complexity index is 1210. The van der Waals surface area contributed by atoms with E-state index >= 15 is 0 Å². The molecule has 5 rings (SSSR count). The summed E-state index contributed by atoms with van der Waals surface area (Å²) in [6.45, 7) is 5.01. The molecule has 2 aliphatic rings. The van der Waals surface area contributed by atoms with E-state index < -0.39 is 0 Å². The lowest BCUT2D eigenvalue weighted by Gasteiger charge is -2.25. The minimum absolute atomic E-state index is 0.0508. The molecule has 7 nitrogen and oxygen atoms in total. The van der Waals surface area contributed by atoms with Gasteiger partial charge in [0.05, 0.1) is 17.5 Å². The topological polar surface area (TPSA) is 76.5 Å². The maximum Gasteiger partial charge on any atom is 0.273 e. The number of hydrogen-bond acceptors (Lipinski definition) is 4. The molecular formula is C28H32N4O3. The molecule has 1 aromatic heterocycles. The van der Waals surface area contributed by atoms with Crippen molar-refractivity contribution in [3.63, 3.8) is 0 Å². The monoisotopic (exact) mass is 472 g/mol. The average Bonchev–Trinajstić information content (AvgIpc) is 3.40. The number of anilines is 1. The summed E-state index contributed by atoms with van der Waals surface area (Å²) < 4.78 is 7.55. The Morgan fingerprint density at radius 1 is 1.09 bits per heavy atom. The van der Waals surface area contributed by atoms with Crippen LogP contribution in [0.3, 0.4) is 0 Å². The summed E-state index contributed by atoms with van der Waals surface area (Å²) in [7, 11) is 0. The first kappa shape index (κ1) is 23.3. The highest BCUT2D eigenvalue weighted by Gasteiger charge is 2.32. The van der Waals surface area contributed by atoms with Gasteiger partial charge < -0.3 is 15.0 Å². The molecule has 0 radical (unpaired) electrons. The lowest BCUT2D eigenvalue weighted by molar-refractivity contribution is -0.117. The Hall–Kier alpha value is -3.45. The highest BCUT2D eigenvalue weighted by atomic mass is 16.5. The lowest BCUT2D eigenvalue weighted by atomic mass is 10.1. The number of aromatic nitrogens is 2. The SMILES string of the molecule is Cc1cccc(NC(=O)CN(CC2CCCO2)C(=O)c2cc(C3CC3)nn2-c2ccccc2)c1C. The molecule has 1 aliphatic carbocycles. The third-order valence-corrected chi connectivity index (χ3v) is 6.89. The molecule has 0 bridgehead atoms. The van der Waals surface area contributed by atoms with Crippen LogP contribution >= 0.6 is 0 Å². The van der Waals surface area contributed by atoms with Crippen LogP contribution in [0.5, 0.6) is 0 Å². The van der Waals surface area contributed by atoms with Crippen molar-refractivity contribution in [2.24, 2.45) is 0 Å². The number of hydrogen-bond donors (Lipinski definition) is 1. The molecule has 35 heavy (non-hydrogen) atoms. The molecular weight excluding hydrogens is 440 g/mol. The summed E-state index contributed by atoms with van der Waals surface area (Å²) in [6, 6.07) is 17.4. The van der Waals surface area contributed by atoms with Crippen LogP contribution in [0.2, 0.25) is 0 Å². The zero-order valence-electron chi connectivity index (χ0n) is 20.4. The molecule has 1 N–H and O–H groups in total. The highest BCUT2D eigenvalue weighted by Crippen LogP contribution is 2.40. The molecule has 1 saturated heterocycles. The summed E-state index contributed by atoms with van der Waals surface area (Å²) >= 11 is 0. The number of carbonyl (C=O) groups excluding carboxylic acids is 2. The molecule has 1 atom stereocenters. The molecule has 2 heterocycles. The van der Waals surface area contributed by atoms with Crippen molar-refractivity contribution in [1.29, 1.82) is 0 Å². The molecule has 3 aromatic rings. The number of benzene rings is 2. The number of aryl methyl sites for hydroxylation is 1. The number of para-hydroxylation sites is 1. The number of amides is 2. The Morgan fingerprint density at radius 3 is 2.60 bits per heavy atom. The van der Waals surface area contributed by atoms with E-state index in [1.165, 1.54) is 0 Å². The molecule has 1 saturated carbocycles. The first-order chi connectivity index (χ1) is 17.0. The zero-order chi connectivity index (χ0) is 24.4. The van der Waals surface area contributed by atoms with Crippen LogP contribution in [0.1, 0.15) is 58.9 Å². The predicted molar refractivity (Wildman–Crippen MR) is 135 cm³/mol. The van der Waals surface area contributed by atoms with Gasteiger partial charge in [-0.05, 0) is 74.9 Å². The first-order valence-electron chi connectivity index (χ1n) is 12.4. The summed E-state index contributed by atoms with van der Waals surface area (Å²) in [5.41, 5.74) is 5.15. The van der Waals surface area contributed by atoms with Gasteiger partial charge in [0.15, 0.2) is 0 Å². The van der Waals surface area contributed by atoms with Crippen molar-refractivity contribution < 1.29 is 14.3 Å². The second-order valence-electron chi connectivity index (χ2n) is 9.59. The maximum atomic E-state index is 13.9. The van der Waals surface area contributed by atoms with Gasteiger partial charge in [0, 0.05) is 24.8 Å². The third-order valence-electron chi connectivity index (χ3n) is 6.89. The van der Waals surface area contributed by atoms with E-state index in [4.69, 9.17) is 9.84 Å². The van der Waals surface area contributed by atoms with Gasteiger partial charge in [0.2, 0.25) is 5.91 Å². The van der Waals surface area contributed by atoms with Crippen LogP contribution < -0.4 is 5.32 Å². The number of carbonyl (C=O) groups is 2. The van der Waals surface area contributed by atoms with E-state index in [1.807, 2.05) is 68.4 Å². The van der Waals surface area contributed by atoms with E-state index in [0.717, 1.165) is 53.9 Å². The van der Waals surface area contributed by atoms with Gasteiger partial charge >= 0.3 is 0 Å². The zero-order valence-corrected chi connectivity index (χ0v) is 20.4. The fourth-order valence-electron chi connectivity index (χ4n) is 4.56. The molecule has 2 fully saturated rings. The van der Waals surface area contributed by atoms with Crippen LogP contribution in [-0.4, -0.2) is 52.3 Å². The fourth-order valence-corrected chi connectivity index (χ4v) is 4.56. The molecule has 2 aromatic carbocycles. The van der Waals surface area contributed by atoms with Gasteiger partial charge in [0.25, 0.3) is 5.91 Å². The van der Waals surface area contributed by atoms with E-state index in [-0.39, 0.29) is 24.5 Å². The summed E-state index contributed by atoms with van der Waals surface area (Å²) in [5, 5.41) is 7.78. The van der Waals surface area contributed by atoms with Crippen molar-refractivity contribution in [3.05, 3.63) is 77.1 Å². The lowest BCUT2D eigenvalue weighted by Crippen LogP contribution is -2.43. The first-order valence-corrected chi connectivity index (χ1v) is 12.4. The quantitative estimate of drug-likeness (QED) is 0.519. The average molecular weight is 473 g/mol. The van der Waals surface area contributed by atoms with E-state index in [1.54, 1.807) is 9.58 Å². The molecule has 2 amide bonds. The summed E-state index contributed by atoms with van der Waals surface area (Å²) in [4.78, 5) is 28.6. The number of nitrogens with zero attached hydrogens (tertiary/aromatic N) is 3. The largest absolute Gasteiger partial charge is 0.376 e. The molecule has 0 spiro atoms. The Morgan fingerprint density at radius 2 is 1.89 bits per heavy atom. The maximum absolute atomic E-state index is 13.9. The van der Waals surface area contributed by atoms with Crippen molar-refractivity contribution >= 4 is 17.5 Å². The Labute approximate surface area is 206 Å². The second kappa shape index (κ2) is 10.0. The van der Waals surface area contributed by atoms with Gasteiger partial charge in [0.1, 0.15) is 12.2 Å². The van der Waals surface area contributed by atoms with Gasteiger partial charge in [-0.25, -0.2) is 4.68 Å². The van der Waals surface area contributed by atoms with Crippen LogP contribution in [0, 0.1) is 13.8 Å². The van der Waals surface area contributed by atoms with E-state index in [2.05, 4.69) is 5.32 Å². The van der Waals surface area contributed by atoms with Crippen LogP contribution in [-0.2, 0) is 9.53 Å². The number of rotatable bonds is 8. The second-order valence-corrected chi connectivity index (χ2v) is 9.59. The van der Waals surface area contributed by atoms with Crippen molar-refractivity contribution in [1.82, 2.24) is 14.7 Å². The standard InChI is InChI=1S/C28H32N4O3/c1-19-8-6-12-24(20(19)2)29-27(33)18-31(17-23-11-7-15-35-23)28(34)26-16-25(21-13-14-21)30-32(26)22-9-4-3-5-10-22/h3-6,8-10,12,16,21,23H,7,11,13-15,17-18H2,1-2H3,(H,29,33). The van der Waals surface area contributed by atoms with Crippen LogP contribution in [0.15, 0.2) is 54.6 Å². The van der Waals surface area contributed by atoms with E-state index in [9.17, 15) is 9.59 Å². The fraction of sp³-hybridized carbons (Fsp3) is 0.393. The van der Waals surface area contributed by atoms with Gasteiger partial charge in [-0.1, -0.05) is 30.3 Å². The minimum Gasteiger partial charge on any atom is -0.376 e. The number of ether oxygens (including phenoxy) is 1. The van der Waals surface area contributed by atoms with Crippen molar-refractivity contribution in [2.75, 3.05) is 25.0 Å². The Balaban J connectivity index is 1.42. The predicted octanol–water partition coefficient (Wildman–Crippen LogP) is 4.63. The summed E-state index contributed by atoms with van der Waals surface area (Å²) in [5.74, 6) is -0.0242. The molecule has 1 unspecified atom stereocenters. The smallest absolute Gasteiger partial charge is 0.273 e. The van der Waals surface area contributed by atoms with Gasteiger partial charge in [-0.2, -0.15) is 5.10 Å². The Kier molecular flexibility index (Phi) is 6.68. The van der Waals surface area contributed by atoms with Crippen LogP contribution in [0.4, 0.5) is 5.69 Å². The van der Waals surface area contributed by atoms with Gasteiger partial charge in [-0.15, -0.1) is 0 Å². The minimum atomic E-state index is -0.224. The normalized spacial score (nSPS) is 17.4. The van der Waals surface area contributed by atoms with Crippen LogP contribution in [0.25, 0.3) is 5.69 Å². The van der Waals surface area contributed by atoms with Crippen molar-refractivity contribution in [2.45, 2.75) is 51.6 Å². The van der Waals surface area contributed by atoms with Gasteiger partial charge in [-0.3, -0.25) is 9.59 Å². The molecule has 1 aliphatic heterocycles. The van der Waals surface area contributed by atoms with Crippen molar-refractivity contribution in [3.8, 4) is 5.69 Å². The molecule has 7 heteroatoms. The third kappa shape index (κ3) is 5.30. The highest BCUT2D eigenvalue weighted by molar-refractivity contribution is 5.99. The van der Waals surface area contributed by atoms with E-state index in [0.29, 0.717) is 24.8 Å².